The molecular weight excluding hydrogens is 582 g/mol. The summed E-state index contributed by atoms with van der Waals surface area (Å²) < 4.78 is 45.4. The van der Waals surface area contributed by atoms with E-state index in [1.165, 1.54) is 37.3 Å². The largest absolute Gasteiger partial charge is 0.497 e. The van der Waals surface area contributed by atoms with Crippen molar-refractivity contribution in [1.29, 1.82) is 0 Å². The molecule has 3 aromatic carbocycles. The maximum atomic E-state index is 14.3. The molecule has 1 aliphatic carbocycles. The molecule has 11 heteroatoms. The van der Waals surface area contributed by atoms with Gasteiger partial charge in [0.1, 0.15) is 18.3 Å². The number of amides is 2. The molecule has 0 aliphatic heterocycles. The minimum absolute atomic E-state index is 0.0663. The zero-order valence-corrected chi connectivity index (χ0v) is 26.5. The molecule has 44 heavy (non-hydrogen) atoms. The van der Waals surface area contributed by atoms with Crippen molar-refractivity contribution < 1.29 is 32.2 Å². The van der Waals surface area contributed by atoms with Gasteiger partial charge >= 0.3 is 0 Å². The van der Waals surface area contributed by atoms with Crippen LogP contribution in [0, 0.1) is 0 Å². The molecule has 2 amide bonds. The number of carbonyl (C=O) groups is 2. The first kappa shape index (κ1) is 32.7. The number of rotatable bonds is 14. The molecule has 0 heterocycles. The Bertz CT molecular complexity index is 1530. The number of methoxy groups -OCH3 is 3. The standard InChI is InChI=1S/C33H41N3O7S/c1-5-29(33(38)34-25-13-9-10-14-25)35(22-24-12-11-17-27(20-24)41-2)32(37)23-36(26-15-7-6-8-16-26)44(39,40)28-18-19-30(42-3)31(21-28)43-4/h6-8,11-12,15-21,25,29H,5,9-10,13-14,22-23H2,1-4H3,(H,34,38)/t29-/m0/s1. The van der Waals surface area contributed by atoms with Crippen LogP contribution in [-0.2, 0) is 26.2 Å². The summed E-state index contributed by atoms with van der Waals surface area (Å²) in [4.78, 5) is 29.3. The lowest BCUT2D eigenvalue weighted by molar-refractivity contribution is -0.140. The van der Waals surface area contributed by atoms with Crippen LogP contribution in [0.5, 0.6) is 17.2 Å². The maximum Gasteiger partial charge on any atom is 0.264 e. The monoisotopic (exact) mass is 623 g/mol. The molecule has 0 aromatic heterocycles. The van der Waals surface area contributed by atoms with Crippen LogP contribution in [-0.4, -0.2) is 65.1 Å². The first-order valence-corrected chi connectivity index (χ1v) is 16.2. The van der Waals surface area contributed by atoms with Crippen LogP contribution in [0.1, 0.15) is 44.6 Å². The average molecular weight is 624 g/mol. The van der Waals surface area contributed by atoms with E-state index in [2.05, 4.69) is 5.32 Å². The maximum absolute atomic E-state index is 14.3. The van der Waals surface area contributed by atoms with E-state index < -0.39 is 28.5 Å². The molecule has 0 saturated heterocycles. The predicted octanol–water partition coefficient (Wildman–Crippen LogP) is 4.77. The van der Waals surface area contributed by atoms with E-state index in [1.54, 1.807) is 49.6 Å². The van der Waals surface area contributed by atoms with Gasteiger partial charge in [0.25, 0.3) is 10.0 Å². The fraction of sp³-hybridized carbons (Fsp3) is 0.394. The topological polar surface area (TPSA) is 114 Å². The van der Waals surface area contributed by atoms with E-state index in [9.17, 15) is 18.0 Å². The second-order valence-corrected chi connectivity index (χ2v) is 12.5. The highest BCUT2D eigenvalue weighted by molar-refractivity contribution is 7.92. The molecule has 0 unspecified atom stereocenters. The second-order valence-electron chi connectivity index (χ2n) is 10.7. The smallest absolute Gasteiger partial charge is 0.264 e. The number of sulfonamides is 1. The Balaban J connectivity index is 1.73. The number of nitrogens with one attached hydrogen (secondary N) is 1. The molecule has 0 spiro atoms. The highest BCUT2D eigenvalue weighted by atomic mass is 32.2. The number of anilines is 1. The third-order valence-electron chi connectivity index (χ3n) is 7.84. The molecule has 1 N–H and O–H groups in total. The summed E-state index contributed by atoms with van der Waals surface area (Å²) in [5, 5.41) is 3.12. The van der Waals surface area contributed by atoms with Gasteiger partial charge in [-0.25, -0.2) is 8.42 Å². The Labute approximate surface area is 260 Å². The summed E-state index contributed by atoms with van der Waals surface area (Å²) in [6, 6.07) is 19.2. The first-order chi connectivity index (χ1) is 21.2. The highest BCUT2D eigenvalue weighted by Gasteiger charge is 2.35. The van der Waals surface area contributed by atoms with Gasteiger partial charge in [-0.3, -0.25) is 13.9 Å². The minimum atomic E-state index is -4.27. The van der Waals surface area contributed by atoms with Gasteiger partial charge in [0.2, 0.25) is 11.8 Å². The third-order valence-corrected chi connectivity index (χ3v) is 9.61. The second kappa shape index (κ2) is 15.0. The highest BCUT2D eigenvalue weighted by Crippen LogP contribution is 2.32. The van der Waals surface area contributed by atoms with E-state index in [-0.39, 0.29) is 29.1 Å². The zero-order chi connectivity index (χ0) is 31.7. The normalized spacial score (nSPS) is 14.0. The number of nitrogens with zero attached hydrogens (tertiary/aromatic N) is 2. The van der Waals surface area contributed by atoms with E-state index in [4.69, 9.17) is 14.2 Å². The zero-order valence-electron chi connectivity index (χ0n) is 25.7. The summed E-state index contributed by atoms with van der Waals surface area (Å²) in [7, 11) is 0.177. The van der Waals surface area contributed by atoms with Crippen LogP contribution in [0.4, 0.5) is 5.69 Å². The van der Waals surface area contributed by atoms with Gasteiger partial charge in [0, 0.05) is 18.7 Å². The van der Waals surface area contributed by atoms with Crippen molar-refractivity contribution in [3.8, 4) is 17.2 Å². The first-order valence-electron chi connectivity index (χ1n) is 14.7. The van der Waals surface area contributed by atoms with Crippen molar-refractivity contribution in [1.82, 2.24) is 10.2 Å². The molecule has 4 rings (SSSR count). The number of ether oxygens (including phenoxy) is 3. The van der Waals surface area contributed by atoms with Crippen LogP contribution in [0.15, 0.2) is 77.7 Å². The van der Waals surface area contributed by atoms with Gasteiger partial charge in [-0.05, 0) is 61.2 Å². The number of hydrogen-bond donors (Lipinski definition) is 1. The molecule has 1 saturated carbocycles. The van der Waals surface area contributed by atoms with Gasteiger partial charge in [0.05, 0.1) is 31.9 Å². The SMILES string of the molecule is CC[C@@H](C(=O)NC1CCCC1)N(Cc1cccc(OC)c1)C(=O)CN(c1ccccc1)S(=O)(=O)c1ccc(OC)c(OC)c1. The lowest BCUT2D eigenvalue weighted by Crippen LogP contribution is -2.53. The number of benzene rings is 3. The summed E-state index contributed by atoms with van der Waals surface area (Å²) in [5.41, 5.74) is 1.05. The molecule has 0 bridgehead atoms. The Morgan fingerprint density at radius 2 is 1.59 bits per heavy atom. The minimum Gasteiger partial charge on any atom is -0.497 e. The quantitative estimate of drug-likeness (QED) is 0.275. The molecule has 1 fully saturated rings. The summed E-state index contributed by atoms with van der Waals surface area (Å²) >= 11 is 0. The number of carbonyl (C=O) groups excluding carboxylic acids is 2. The average Bonchev–Trinajstić information content (AvgIpc) is 3.56. The fourth-order valence-corrected chi connectivity index (χ4v) is 6.91. The summed E-state index contributed by atoms with van der Waals surface area (Å²) in [6.07, 6.45) is 4.25. The van der Waals surface area contributed by atoms with Crippen molar-refractivity contribution in [3.63, 3.8) is 0 Å². The van der Waals surface area contributed by atoms with Crippen LogP contribution in [0.2, 0.25) is 0 Å². The molecule has 10 nitrogen and oxygen atoms in total. The number of hydrogen-bond acceptors (Lipinski definition) is 7. The van der Waals surface area contributed by atoms with Crippen molar-refractivity contribution in [3.05, 3.63) is 78.4 Å². The Hall–Kier alpha value is -4.25. The molecule has 3 aromatic rings. The van der Waals surface area contributed by atoms with E-state index in [0.29, 0.717) is 23.6 Å². The number of para-hydroxylation sites is 1. The molecule has 0 radical (unpaired) electrons. The van der Waals surface area contributed by atoms with Gasteiger partial charge in [-0.15, -0.1) is 0 Å². The van der Waals surface area contributed by atoms with Crippen LogP contribution in [0.3, 0.4) is 0 Å². The van der Waals surface area contributed by atoms with E-state index >= 15 is 0 Å². The molecule has 1 atom stereocenters. The molecule has 1 aliphatic rings. The lowest BCUT2D eigenvalue weighted by atomic mass is 10.1. The Morgan fingerprint density at radius 3 is 2.23 bits per heavy atom. The van der Waals surface area contributed by atoms with Gasteiger partial charge in [-0.2, -0.15) is 0 Å². The van der Waals surface area contributed by atoms with Crippen molar-refractivity contribution in [2.24, 2.45) is 0 Å². The summed E-state index contributed by atoms with van der Waals surface area (Å²) in [6.45, 7) is 1.41. The van der Waals surface area contributed by atoms with Crippen LogP contribution in [0.25, 0.3) is 0 Å². The fourth-order valence-electron chi connectivity index (χ4n) is 5.48. The van der Waals surface area contributed by atoms with Crippen molar-refractivity contribution in [2.75, 3.05) is 32.2 Å². The van der Waals surface area contributed by atoms with Crippen LogP contribution >= 0.6 is 0 Å². The van der Waals surface area contributed by atoms with Gasteiger partial charge in [0.15, 0.2) is 11.5 Å². The van der Waals surface area contributed by atoms with Gasteiger partial charge in [-0.1, -0.05) is 50.1 Å². The third kappa shape index (κ3) is 7.63. The summed E-state index contributed by atoms with van der Waals surface area (Å²) in [5.74, 6) is 0.457. The lowest BCUT2D eigenvalue weighted by Gasteiger charge is -2.34. The van der Waals surface area contributed by atoms with Crippen molar-refractivity contribution in [2.45, 2.75) is 62.6 Å². The molecular formula is C33H41N3O7S. The van der Waals surface area contributed by atoms with E-state index in [1.807, 2.05) is 19.1 Å². The van der Waals surface area contributed by atoms with Crippen LogP contribution < -0.4 is 23.8 Å². The molecule has 236 valence electrons. The van der Waals surface area contributed by atoms with Gasteiger partial charge < -0.3 is 24.4 Å². The Kier molecular flexibility index (Phi) is 11.1. The van der Waals surface area contributed by atoms with Crippen molar-refractivity contribution >= 4 is 27.5 Å². The Morgan fingerprint density at radius 1 is 0.886 bits per heavy atom. The predicted molar refractivity (Wildman–Crippen MR) is 169 cm³/mol. The van der Waals surface area contributed by atoms with E-state index in [0.717, 1.165) is 35.6 Å².